The van der Waals surface area contributed by atoms with Crippen molar-refractivity contribution in [1.82, 2.24) is 4.90 Å². The summed E-state index contributed by atoms with van der Waals surface area (Å²) in [4.78, 5) is 15.7. The SMILES string of the molecule is O=C(c1cc2ccccc2s1)N1CCC2(CC1)OCc1ccccc12. The van der Waals surface area contributed by atoms with E-state index in [2.05, 4.69) is 36.4 Å². The molecule has 5 rings (SSSR count). The number of nitrogens with zero attached hydrogens (tertiary/aromatic N) is 1. The molecule has 1 amide bonds. The van der Waals surface area contributed by atoms with E-state index in [1.54, 1.807) is 11.3 Å². The number of fused-ring (bicyclic) bond motifs is 3. The van der Waals surface area contributed by atoms with E-state index in [1.165, 1.54) is 15.8 Å². The van der Waals surface area contributed by atoms with E-state index in [-0.39, 0.29) is 11.5 Å². The molecule has 3 nitrogen and oxygen atoms in total. The first-order valence-electron chi connectivity index (χ1n) is 8.75. The van der Waals surface area contributed by atoms with Gasteiger partial charge in [-0.3, -0.25) is 4.79 Å². The van der Waals surface area contributed by atoms with E-state index in [1.807, 2.05) is 23.1 Å². The number of carbonyl (C=O) groups excluding carboxylic acids is 1. The van der Waals surface area contributed by atoms with Crippen LogP contribution in [0.25, 0.3) is 10.1 Å². The first kappa shape index (κ1) is 15.1. The minimum atomic E-state index is -0.187. The highest BCUT2D eigenvalue weighted by molar-refractivity contribution is 7.20. The van der Waals surface area contributed by atoms with Gasteiger partial charge in [0.1, 0.15) is 0 Å². The summed E-state index contributed by atoms with van der Waals surface area (Å²) in [5.41, 5.74) is 2.43. The van der Waals surface area contributed by atoms with Gasteiger partial charge in [0.25, 0.3) is 5.91 Å². The van der Waals surface area contributed by atoms with Crippen molar-refractivity contribution in [3.63, 3.8) is 0 Å². The Labute approximate surface area is 150 Å². The number of hydrogen-bond donors (Lipinski definition) is 0. The summed E-state index contributed by atoms with van der Waals surface area (Å²) < 4.78 is 7.37. The van der Waals surface area contributed by atoms with Crippen molar-refractivity contribution >= 4 is 27.3 Å². The molecule has 2 aliphatic rings. The van der Waals surface area contributed by atoms with Crippen LogP contribution in [0.3, 0.4) is 0 Å². The van der Waals surface area contributed by atoms with Gasteiger partial charge in [0, 0.05) is 17.8 Å². The molecular weight excluding hydrogens is 330 g/mol. The Hall–Kier alpha value is -2.17. The van der Waals surface area contributed by atoms with Crippen LogP contribution in [-0.4, -0.2) is 23.9 Å². The van der Waals surface area contributed by atoms with Crippen LogP contribution in [0.2, 0.25) is 0 Å². The molecule has 4 heteroatoms. The van der Waals surface area contributed by atoms with Gasteiger partial charge in [-0.1, -0.05) is 42.5 Å². The third-order valence-corrected chi connectivity index (χ3v) is 6.61. The number of benzene rings is 2. The Morgan fingerprint density at radius 1 is 1.04 bits per heavy atom. The molecular formula is C21H19NO2S. The lowest BCUT2D eigenvalue weighted by atomic mass is 9.84. The predicted octanol–water partition coefficient (Wildman–Crippen LogP) is 4.56. The molecule has 2 aromatic carbocycles. The maximum atomic E-state index is 12.9. The second-order valence-corrected chi connectivity index (χ2v) is 7.96. The largest absolute Gasteiger partial charge is 0.365 e. The van der Waals surface area contributed by atoms with Crippen molar-refractivity contribution in [2.24, 2.45) is 0 Å². The fraction of sp³-hybridized carbons (Fsp3) is 0.286. The molecule has 1 aromatic heterocycles. The summed E-state index contributed by atoms with van der Waals surface area (Å²) in [5.74, 6) is 0.155. The standard InChI is InChI=1S/C21H19NO2S/c23-20(19-13-15-5-2-4-8-18(15)25-19)22-11-9-21(10-12-22)17-7-3-1-6-16(17)14-24-21/h1-8,13H,9-12,14H2. The smallest absolute Gasteiger partial charge is 0.263 e. The minimum Gasteiger partial charge on any atom is -0.365 e. The molecule has 1 saturated heterocycles. The number of carbonyl (C=O) groups is 1. The first-order valence-corrected chi connectivity index (χ1v) is 9.57. The van der Waals surface area contributed by atoms with Crippen LogP contribution in [-0.2, 0) is 16.9 Å². The molecule has 0 N–H and O–H groups in total. The molecule has 25 heavy (non-hydrogen) atoms. The maximum Gasteiger partial charge on any atom is 0.263 e. The Morgan fingerprint density at radius 2 is 1.80 bits per heavy atom. The normalized spacial score (nSPS) is 18.6. The molecule has 3 aromatic rings. The Morgan fingerprint density at radius 3 is 2.64 bits per heavy atom. The average molecular weight is 349 g/mol. The van der Waals surface area contributed by atoms with Gasteiger partial charge in [0.2, 0.25) is 0 Å². The van der Waals surface area contributed by atoms with E-state index in [0.29, 0.717) is 6.61 Å². The van der Waals surface area contributed by atoms with Crippen molar-refractivity contribution < 1.29 is 9.53 Å². The van der Waals surface area contributed by atoms with Crippen LogP contribution in [0.1, 0.15) is 33.6 Å². The number of ether oxygens (including phenoxy) is 1. The van der Waals surface area contributed by atoms with Gasteiger partial charge in [-0.2, -0.15) is 0 Å². The van der Waals surface area contributed by atoms with Crippen molar-refractivity contribution in [1.29, 1.82) is 0 Å². The number of thiophene rings is 1. The number of rotatable bonds is 1. The van der Waals surface area contributed by atoms with Gasteiger partial charge in [0.05, 0.1) is 17.1 Å². The van der Waals surface area contributed by atoms with E-state index in [0.717, 1.165) is 36.2 Å². The monoisotopic (exact) mass is 349 g/mol. The lowest BCUT2D eigenvalue weighted by Crippen LogP contribution is -2.44. The molecule has 126 valence electrons. The molecule has 0 unspecified atom stereocenters. The quantitative estimate of drug-likeness (QED) is 0.644. The highest BCUT2D eigenvalue weighted by Crippen LogP contribution is 2.44. The van der Waals surface area contributed by atoms with Crippen LogP contribution < -0.4 is 0 Å². The van der Waals surface area contributed by atoms with E-state index >= 15 is 0 Å². The summed E-state index contributed by atoms with van der Waals surface area (Å²) in [6.07, 6.45) is 1.75. The van der Waals surface area contributed by atoms with Crippen LogP contribution in [0, 0.1) is 0 Å². The molecule has 1 spiro atoms. The van der Waals surface area contributed by atoms with Gasteiger partial charge in [-0.25, -0.2) is 0 Å². The zero-order chi connectivity index (χ0) is 16.9. The average Bonchev–Trinajstić information content (AvgIpc) is 3.25. The summed E-state index contributed by atoms with van der Waals surface area (Å²) in [6.45, 7) is 2.20. The van der Waals surface area contributed by atoms with Gasteiger partial charge >= 0.3 is 0 Å². The van der Waals surface area contributed by atoms with Crippen LogP contribution >= 0.6 is 11.3 Å². The second-order valence-electron chi connectivity index (χ2n) is 6.88. The zero-order valence-corrected chi connectivity index (χ0v) is 14.7. The molecule has 1 fully saturated rings. The van der Waals surface area contributed by atoms with E-state index < -0.39 is 0 Å². The molecule has 2 aliphatic heterocycles. The van der Waals surface area contributed by atoms with Crippen molar-refractivity contribution in [3.8, 4) is 0 Å². The molecule has 0 atom stereocenters. The van der Waals surface area contributed by atoms with Crippen molar-refractivity contribution in [3.05, 3.63) is 70.6 Å². The molecule has 0 aliphatic carbocycles. The van der Waals surface area contributed by atoms with Gasteiger partial charge in [-0.15, -0.1) is 11.3 Å². The molecule has 3 heterocycles. The first-order chi connectivity index (χ1) is 12.3. The van der Waals surface area contributed by atoms with Gasteiger partial charge in [-0.05, 0) is 41.5 Å². The minimum absolute atomic E-state index is 0.155. The summed E-state index contributed by atoms with van der Waals surface area (Å²) in [6, 6.07) is 18.7. The van der Waals surface area contributed by atoms with Crippen LogP contribution in [0.15, 0.2) is 54.6 Å². The Bertz CT molecular complexity index is 920. The van der Waals surface area contributed by atoms with Gasteiger partial charge < -0.3 is 9.64 Å². The highest BCUT2D eigenvalue weighted by atomic mass is 32.1. The van der Waals surface area contributed by atoms with Crippen LogP contribution in [0.4, 0.5) is 0 Å². The maximum absolute atomic E-state index is 12.9. The number of amides is 1. The Balaban J connectivity index is 1.36. The molecule has 0 saturated carbocycles. The van der Waals surface area contributed by atoms with Crippen LogP contribution in [0.5, 0.6) is 0 Å². The topological polar surface area (TPSA) is 29.5 Å². The summed E-state index contributed by atoms with van der Waals surface area (Å²) in [7, 11) is 0. The second kappa shape index (κ2) is 5.68. The third-order valence-electron chi connectivity index (χ3n) is 5.51. The lowest BCUT2D eigenvalue weighted by Gasteiger charge is -2.39. The summed E-state index contributed by atoms with van der Waals surface area (Å²) >= 11 is 1.59. The zero-order valence-electron chi connectivity index (χ0n) is 13.9. The van der Waals surface area contributed by atoms with E-state index in [9.17, 15) is 4.79 Å². The van der Waals surface area contributed by atoms with E-state index in [4.69, 9.17) is 4.74 Å². The Kier molecular flexibility index (Phi) is 3.43. The number of piperidine rings is 1. The summed E-state index contributed by atoms with van der Waals surface area (Å²) in [5, 5.41) is 1.15. The van der Waals surface area contributed by atoms with Crippen molar-refractivity contribution in [2.45, 2.75) is 25.0 Å². The number of likely N-dealkylation sites (tertiary alicyclic amines) is 1. The fourth-order valence-electron chi connectivity index (χ4n) is 4.11. The number of hydrogen-bond acceptors (Lipinski definition) is 3. The lowest BCUT2D eigenvalue weighted by molar-refractivity contribution is -0.0741. The highest BCUT2D eigenvalue weighted by Gasteiger charge is 2.43. The predicted molar refractivity (Wildman–Crippen MR) is 99.9 cm³/mol. The third kappa shape index (κ3) is 2.40. The van der Waals surface area contributed by atoms with Gasteiger partial charge in [0.15, 0.2) is 0 Å². The molecule has 0 radical (unpaired) electrons. The molecule has 0 bridgehead atoms. The van der Waals surface area contributed by atoms with Crippen molar-refractivity contribution in [2.75, 3.05) is 13.1 Å². The fourth-order valence-corrected chi connectivity index (χ4v) is 5.14.